The van der Waals surface area contributed by atoms with E-state index in [1.54, 1.807) is 13.8 Å². The van der Waals surface area contributed by atoms with Crippen molar-refractivity contribution in [3.05, 3.63) is 17.8 Å². The van der Waals surface area contributed by atoms with Crippen LogP contribution in [-0.2, 0) is 9.59 Å². The van der Waals surface area contributed by atoms with Crippen molar-refractivity contribution in [1.82, 2.24) is 15.6 Å². The summed E-state index contributed by atoms with van der Waals surface area (Å²) in [5.74, 6) is -0.639. The number of rotatable bonds is 4. The minimum atomic E-state index is -0.807. The van der Waals surface area contributed by atoms with Crippen molar-refractivity contribution in [2.75, 3.05) is 6.54 Å². The Morgan fingerprint density at radius 2 is 2.22 bits per heavy atom. The van der Waals surface area contributed by atoms with Crippen LogP contribution in [0.5, 0.6) is 0 Å². The number of hydrogen-bond acceptors (Lipinski definition) is 5. The maximum Gasteiger partial charge on any atom is 0.309 e. The van der Waals surface area contributed by atoms with Crippen LogP contribution in [-0.4, -0.2) is 28.3 Å². The van der Waals surface area contributed by atoms with Crippen molar-refractivity contribution in [2.24, 2.45) is 5.73 Å². The molecular weight excluding hydrogens is 256 g/mol. The molecule has 1 atom stereocenters. The van der Waals surface area contributed by atoms with Crippen LogP contribution in [0, 0.1) is 6.92 Å². The molecule has 0 aliphatic carbocycles. The number of nitrogens with one attached hydrogen (secondary N) is 2. The summed E-state index contributed by atoms with van der Waals surface area (Å²) in [6, 6.07) is -0.498. The molecule has 0 radical (unpaired) electrons. The number of carbonyl (C=O) groups is 2. The Labute approximate surface area is 109 Å². The molecule has 0 spiro atoms. The van der Waals surface area contributed by atoms with Gasteiger partial charge in [-0.1, -0.05) is 12.2 Å². The van der Waals surface area contributed by atoms with Crippen LogP contribution in [0.2, 0.25) is 0 Å². The standard InChI is InChI=1S/C10H14N4O3S/c1-5-3-13-10(17-5)6(2)14-9(16)8(15)12-4-7(11)18/h3,6H,4H2,1-2H3,(H2,11,18)(H,12,15)(H,14,16). The molecule has 18 heavy (non-hydrogen) atoms. The Morgan fingerprint density at radius 3 is 2.72 bits per heavy atom. The largest absolute Gasteiger partial charge is 0.444 e. The van der Waals surface area contributed by atoms with E-state index in [9.17, 15) is 9.59 Å². The molecule has 1 unspecified atom stereocenters. The van der Waals surface area contributed by atoms with Gasteiger partial charge in [0.15, 0.2) is 0 Å². The normalized spacial score (nSPS) is 11.7. The Kier molecular flexibility index (Phi) is 4.78. The second kappa shape index (κ2) is 6.10. The summed E-state index contributed by atoms with van der Waals surface area (Å²) in [6.45, 7) is 3.37. The smallest absolute Gasteiger partial charge is 0.309 e. The van der Waals surface area contributed by atoms with Crippen molar-refractivity contribution < 1.29 is 14.0 Å². The SMILES string of the molecule is Cc1cnc(C(C)NC(=O)C(=O)NCC(N)=S)o1. The van der Waals surface area contributed by atoms with Crippen LogP contribution in [0.15, 0.2) is 10.6 Å². The van der Waals surface area contributed by atoms with Crippen LogP contribution in [0.1, 0.15) is 24.6 Å². The van der Waals surface area contributed by atoms with Gasteiger partial charge in [0, 0.05) is 0 Å². The molecule has 0 aliphatic heterocycles. The third-order valence-corrected chi connectivity index (χ3v) is 2.13. The van der Waals surface area contributed by atoms with E-state index >= 15 is 0 Å². The monoisotopic (exact) mass is 270 g/mol. The van der Waals surface area contributed by atoms with Crippen LogP contribution in [0.3, 0.4) is 0 Å². The number of nitrogens with two attached hydrogens (primary N) is 1. The predicted octanol–water partition coefficient (Wildman–Crippen LogP) is -0.437. The number of thiocarbonyl (C=S) groups is 1. The summed E-state index contributed by atoms with van der Waals surface area (Å²) < 4.78 is 5.23. The van der Waals surface area contributed by atoms with E-state index < -0.39 is 17.9 Å². The molecule has 0 saturated carbocycles. The van der Waals surface area contributed by atoms with Crippen molar-refractivity contribution >= 4 is 29.0 Å². The van der Waals surface area contributed by atoms with Gasteiger partial charge in [-0.2, -0.15) is 0 Å². The van der Waals surface area contributed by atoms with Crippen molar-refractivity contribution in [3.63, 3.8) is 0 Å². The number of amides is 2. The van der Waals surface area contributed by atoms with Gasteiger partial charge in [0.05, 0.1) is 17.7 Å². The lowest BCUT2D eigenvalue weighted by Crippen LogP contribution is -2.43. The van der Waals surface area contributed by atoms with E-state index in [2.05, 4.69) is 27.8 Å². The van der Waals surface area contributed by atoms with Crippen LogP contribution in [0.4, 0.5) is 0 Å². The van der Waals surface area contributed by atoms with Gasteiger partial charge in [0.2, 0.25) is 5.89 Å². The molecule has 1 aromatic rings. The highest BCUT2D eigenvalue weighted by Gasteiger charge is 2.19. The first-order valence-electron chi connectivity index (χ1n) is 5.19. The molecule has 0 bridgehead atoms. The van der Waals surface area contributed by atoms with Gasteiger partial charge in [-0.25, -0.2) is 4.98 Å². The highest BCUT2D eigenvalue weighted by atomic mass is 32.1. The third-order valence-electron chi connectivity index (χ3n) is 1.99. The van der Waals surface area contributed by atoms with E-state index in [4.69, 9.17) is 10.2 Å². The zero-order valence-corrected chi connectivity index (χ0v) is 10.8. The molecule has 0 aromatic carbocycles. The van der Waals surface area contributed by atoms with E-state index in [1.807, 2.05) is 0 Å². The summed E-state index contributed by atoms with van der Waals surface area (Å²) >= 11 is 4.57. The molecule has 8 heteroatoms. The summed E-state index contributed by atoms with van der Waals surface area (Å²) in [5.41, 5.74) is 5.20. The first-order chi connectivity index (χ1) is 8.40. The van der Waals surface area contributed by atoms with Gasteiger partial charge in [-0.3, -0.25) is 9.59 Å². The number of aryl methyl sites for hydroxylation is 1. The summed E-state index contributed by atoms with van der Waals surface area (Å²) in [4.78, 5) is 26.9. The molecule has 4 N–H and O–H groups in total. The molecule has 0 saturated heterocycles. The Balaban J connectivity index is 2.49. The zero-order chi connectivity index (χ0) is 13.7. The van der Waals surface area contributed by atoms with E-state index in [-0.39, 0.29) is 11.5 Å². The lowest BCUT2D eigenvalue weighted by atomic mass is 10.3. The van der Waals surface area contributed by atoms with Gasteiger partial charge < -0.3 is 20.8 Å². The molecule has 98 valence electrons. The summed E-state index contributed by atoms with van der Waals surface area (Å²) in [6.07, 6.45) is 1.53. The van der Waals surface area contributed by atoms with Gasteiger partial charge in [0.1, 0.15) is 11.8 Å². The molecule has 7 nitrogen and oxygen atoms in total. The van der Waals surface area contributed by atoms with E-state index in [0.29, 0.717) is 11.7 Å². The molecule has 1 rings (SSSR count). The summed E-state index contributed by atoms with van der Waals surface area (Å²) in [7, 11) is 0. The second-order valence-corrected chi connectivity index (χ2v) is 4.18. The van der Waals surface area contributed by atoms with Crippen LogP contribution < -0.4 is 16.4 Å². The fourth-order valence-corrected chi connectivity index (χ4v) is 1.22. The maximum atomic E-state index is 11.5. The Hall–Kier alpha value is -1.96. The lowest BCUT2D eigenvalue weighted by molar-refractivity contribution is -0.139. The second-order valence-electron chi connectivity index (χ2n) is 3.65. The number of hydrogen-bond donors (Lipinski definition) is 3. The first kappa shape index (κ1) is 14.1. The van der Waals surface area contributed by atoms with Gasteiger partial charge in [0.25, 0.3) is 0 Å². The third kappa shape index (κ3) is 4.13. The molecule has 1 heterocycles. The number of oxazole rings is 1. The molecule has 2 amide bonds. The van der Waals surface area contributed by atoms with Gasteiger partial charge >= 0.3 is 11.8 Å². The average molecular weight is 270 g/mol. The number of carbonyl (C=O) groups excluding carboxylic acids is 2. The van der Waals surface area contributed by atoms with Crippen LogP contribution in [0.25, 0.3) is 0 Å². The quantitative estimate of drug-likeness (QED) is 0.505. The van der Waals surface area contributed by atoms with Crippen LogP contribution >= 0.6 is 12.2 Å². The minimum absolute atomic E-state index is 0.0198. The average Bonchev–Trinajstić information content (AvgIpc) is 2.72. The number of nitrogens with zero attached hydrogens (tertiary/aromatic N) is 1. The molecular formula is C10H14N4O3S. The van der Waals surface area contributed by atoms with Gasteiger partial charge in [-0.05, 0) is 13.8 Å². The molecule has 0 aliphatic rings. The van der Waals surface area contributed by atoms with Crippen molar-refractivity contribution in [2.45, 2.75) is 19.9 Å². The highest BCUT2D eigenvalue weighted by molar-refractivity contribution is 7.80. The minimum Gasteiger partial charge on any atom is -0.444 e. The molecule has 0 fully saturated rings. The summed E-state index contributed by atoms with van der Waals surface area (Å²) in [5, 5.41) is 4.72. The van der Waals surface area contributed by atoms with E-state index in [1.165, 1.54) is 6.20 Å². The predicted molar refractivity (Wildman–Crippen MR) is 67.6 cm³/mol. The topological polar surface area (TPSA) is 110 Å². The lowest BCUT2D eigenvalue weighted by Gasteiger charge is -2.10. The fourth-order valence-electron chi connectivity index (χ4n) is 1.14. The maximum absolute atomic E-state index is 11.5. The van der Waals surface area contributed by atoms with Gasteiger partial charge in [-0.15, -0.1) is 0 Å². The molecule has 1 aromatic heterocycles. The highest BCUT2D eigenvalue weighted by Crippen LogP contribution is 2.11. The fraction of sp³-hybridized carbons (Fsp3) is 0.400. The van der Waals surface area contributed by atoms with Crippen molar-refractivity contribution in [1.29, 1.82) is 0 Å². The number of aromatic nitrogens is 1. The Bertz CT molecular complexity index is 471. The van der Waals surface area contributed by atoms with Crippen molar-refractivity contribution in [3.8, 4) is 0 Å². The van der Waals surface area contributed by atoms with E-state index in [0.717, 1.165) is 0 Å². The zero-order valence-electron chi connectivity index (χ0n) is 10.0. The Morgan fingerprint density at radius 1 is 1.56 bits per heavy atom. The first-order valence-corrected chi connectivity index (χ1v) is 5.60.